The van der Waals surface area contributed by atoms with Gasteiger partial charge in [-0.05, 0) is 23.8 Å². The van der Waals surface area contributed by atoms with Gasteiger partial charge in [0.15, 0.2) is 0 Å². The first-order chi connectivity index (χ1) is 9.52. The number of nitrogen functional groups attached to an aromatic ring is 1. The lowest BCUT2D eigenvalue weighted by Gasteiger charge is -2.18. The van der Waals surface area contributed by atoms with Gasteiger partial charge in [-0.15, -0.1) is 0 Å². The number of carbonyl (C=O) groups is 2. The summed E-state index contributed by atoms with van der Waals surface area (Å²) in [6.45, 7) is 0.163. The third kappa shape index (κ3) is 5.53. The zero-order valence-electron chi connectivity index (χ0n) is 11.3. The average Bonchev–Trinajstić information content (AvgIpc) is 2.42. The topological polar surface area (TPSA) is 92.9 Å². The van der Waals surface area contributed by atoms with Crippen LogP contribution in [-0.2, 0) is 14.3 Å². The van der Waals surface area contributed by atoms with Crippen LogP contribution >= 0.6 is 0 Å². The molecule has 6 heteroatoms. The van der Waals surface area contributed by atoms with Crippen LogP contribution in [0.15, 0.2) is 30.3 Å². The highest BCUT2D eigenvalue weighted by Crippen LogP contribution is 2.07. The number of aliphatic carboxylic acids is 1. The molecular formula is C14H18N2O4. The number of amides is 1. The minimum absolute atomic E-state index is 0.230. The Morgan fingerprint density at radius 2 is 2.00 bits per heavy atom. The number of ether oxygens (including phenoxy) is 1. The molecule has 0 saturated carbocycles. The summed E-state index contributed by atoms with van der Waals surface area (Å²) in [5.74, 6) is -1.43. The summed E-state index contributed by atoms with van der Waals surface area (Å²) in [5, 5.41) is 8.78. The van der Waals surface area contributed by atoms with Gasteiger partial charge in [-0.1, -0.05) is 12.1 Å². The van der Waals surface area contributed by atoms with Crippen molar-refractivity contribution in [3.05, 3.63) is 35.9 Å². The normalized spacial score (nSPS) is 10.7. The number of hydrogen-bond acceptors (Lipinski definition) is 4. The van der Waals surface area contributed by atoms with E-state index in [2.05, 4.69) is 0 Å². The zero-order chi connectivity index (χ0) is 15.0. The van der Waals surface area contributed by atoms with Gasteiger partial charge in [0.1, 0.15) is 6.54 Å². The van der Waals surface area contributed by atoms with Crippen molar-refractivity contribution in [3.63, 3.8) is 0 Å². The van der Waals surface area contributed by atoms with Crippen molar-refractivity contribution in [1.29, 1.82) is 0 Å². The predicted octanol–water partition coefficient (Wildman–Crippen LogP) is 0.842. The molecule has 108 valence electrons. The van der Waals surface area contributed by atoms with E-state index in [1.165, 1.54) is 18.1 Å². The molecule has 0 aliphatic heterocycles. The largest absolute Gasteiger partial charge is 0.480 e. The van der Waals surface area contributed by atoms with E-state index in [1.807, 2.05) is 0 Å². The zero-order valence-corrected chi connectivity index (χ0v) is 11.3. The number of benzene rings is 1. The number of nitrogens with two attached hydrogens (primary N) is 1. The molecule has 0 saturated heterocycles. The molecule has 1 amide bonds. The summed E-state index contributed by atoms with van der Waals surface area (Å²) in [4.78, 5) is 23.8. The molecule has 0 aliphatic rings. The van der Waals surface area contributed by atoms with E-state index >= 15 is 0 Å². The van der Waals surface area contributed by atoms with Gasteiger partial charge in [-0.3, -0.25) is 9.59 Å². The Kier molecular flexibility index (Phi) is 6.25. The molecule has 0 bridgehead atoms. The number of carbonyl (C=O) groups excluding carboxylic acids is 1. The lowest BCUT2D eigenvalue weighted by Crippen LogP contribution is -2.36. The van der Waals surface area contributed by atoms with E-state index in [0.717, 1.165) is 5.56 Å². The molecule has 1 rings (SSSR count). The molecule has 0 aromatic heterocycles. The van der Waals surface area contributed by atoms with E-state index in [4.69, 9.17) is 15.6 Å². The Labute approximate surface area is 117 Å². The number of hydrogen-bond donors (Lipinski definition) is 2. The van der Waals surface area contributed by atoms with Crippen LogP contribution in [0.5, 0.6) is 0 Å². The molecule has 1 aromatic rings. The van der Waals surface area contributed by atoms with Gasteiger partial charge in [-0.2, -0.15) is 0 Å². The lowest BCUT2D eigenvalue weighted by molar-refractivity contribution is -0.143. The molecular weight excluding hydrogens is 260 g/mol. The number of methoxy groups -OCH3 is 1. The summed E-state index contributed by atoms with van der Waals surface area (Å²) < 4.78 is 4.86. The number of anilines is 1. The van der Waals surface area contributed by atoms with Crippen LogP contribution in [0.1, 0.15) is 5.56 Å². The summed E-state index contributed by atoms with van der Waals surface area (Å²) in [7, 11) is 1.49. The molecule has 3 N–H and O–H groups in total. The minimum atomic E-state index is -1.06. The number of rotatable bonds is 7. The van der Waals surface area contributed by atoms with E-state index < -0.39 is 5.97 Å². The van der Waals surface area contributed by atoms with Gasteiger partial charge in [0.25, 0.3) is 0 Å². The quantitative estimate of drug-likeness (QED) is 0.569. The maximum Gasteiger partial charge on any atom is 0.323 e. The second-order valence-corrected chi connectivity index (χ2v) is 4.15. The highest BCUT2D eigenvalue weighted by Gasteiger charge is 2.13. The molecule has 0 heterocycles. The number of carboxylic acid groups (broad SMARTS) is 1. The Hall–Kier alpha value is -2.34. The van der Waals surface area contributed by atoms with Crippen LogP contribution in [0.2, 0.25) is 0 Å². The molecule has 0 aliphatic carbocycles. The minimum Gasteiger partial charge on any atom is -0.480 e. The van der Waals surface area contributed by atoms with Crippen LogP contribution in [0.3, 0.4) is 0 Å². The van der Waals surface area contributed by atoms with Crippen molar-refractivity contribution >= 4 is 23.6 Å². The molecule has 6 nitrogen and oxygen atoms in total. The van der Waals surface area contributed by atoms with Crippen LogP contribution in [0, 0.1) is 0 Å². The van der Waals surface area contributed by atoms with Crippen molar-refractivity contribution in [2.24, 2.45) is 0 Å². The van der Waals surface area contributed by atoms with E-state index in [1.54, 1.807) is 30.3 Å². The van der Waals surface area contributed by atoms with Crippen molar-refractivity contribution in [1.82, 2.24) is 4.90 Å². The Bertz CT molecular complexity index is 482. The van der Waals surface area contributed by atoms with Crippen molar-refractivity contribution in [2.45, 2.75) is 0 Å². The molecule has 0 fully saturated rings. The monoisotopic (exact) mass is 278 g/mol. The average molecular weight is 278 g/mol. The summed E-state index contributed by atoms with van der Waals surface area (Å²) in [5.41, 5.74) is 7.02. The molecule has 0 radical (unpaired) electrons. The maximum atomic E-state index is 11.9. The summed E-state index contributed by atoms with van der Waals surface area (Å²) in [6, 6.07) is 7.00. The van der Waals surface area contributed by atoms with Crippen LogP contribution in [0.4, 0.5) is 5.69 Å². The predicted molar refractivity (Wildman–Crippen MR) is 76.0 cm³/mol. The SMILES string of the molecule is COCCN(CC(=O)O)C(=O)/C=C/c1ccc(N)cc1. The van der Waals surface area contributed by atoms with Gasteiger partial charge in [0, 0.05) is 25.4 Å². The Morgan fingerprint density at radius 1 is 1.35 bits per heavy atom. The second kappa shape index (κ2) is 7.96. The summed E-state index contributed by atoms with van der Waals surface area (Å²) in [6.07, 6.45) is 2.95. The smallest absolute Gasteiger partial charge is 0.323 e. The molecule has 20 heavy (non-hydrogen) atoms. The maximum absolute atomic E-state index is 11.9. The van der Waals surface area contributed by atoms with Gasteiger partial charge in [0.05, 0.1) is 6.61 Å². The van der Waals surface area contributed by atoms with E-state index in [-0.39, 0.29) is 25.6 Å². The molecule has 0 unspecified atom stereocenters. The third-order valence-corrected chi connectivity index (χ3v) is 2.56. The molecule has 0 atom stereocenters. The van der Waals surface area contributed by atoms with E-state index in [0.29, 0.717) is 5.69 Å². The molecule has 0 spiro atoms. The first-order valence-corrected chi connectivity index (χ1v) is 6.06. The van der Waals surface area contributed by atoms with Gasteiger partial charge in [0.2, 0.25) is 5.91 Å². The van der Waals surface area contributed by atoms with Gasteiger partial charge < -0.3 is 20.5 Å². The fourth-order valence-corrected chi connectivity index (χ4v) is 1.51. The highest BCUT2D eigenvalue weighted by atomic mass is 16.5. The highest BCUT2D eigenvalue weighted by molar-refractivity contribution is 5.93. The lowest BCUT2D eigenvalue weighted by atomic mass is 10.2. The number of nitrogens with zero attached hydrogens (tertiary/aromatic N) is 1. The van der Waals surface area contributed by atoms with Gasteiger partial charge >= 0.3 is 5.97 Å². The van der Waals surface area contributed by atoms with Crippen LogP contribution in [-0.4, -0.2) is 48.7 Å². The van der Waals surface area contributed by atoms with Crippen molar-refractivity contribution < 1.29 is 19.4 Å². The van der Waals surface area contributed by atoms with Crippen LogP contribution < -0.4 is 5.73 Å². The summed E-state index contributed by atoms with van der Waals surface area (Å²) >= 11 is 0. The van der Waals surface area contributed by atoms with Crippen molar-refractivity contribution in [2.75, 3.05) is 32.5 Å². The third-order valence-electron chi connectivity index (χ3n) is 2.56. The molecule has 1 aromatic carbocycles. The first kappa shape index (κ1) is 15.7. The van der Waals surface area contributed by atoms with Crippen molar-refractivity contribution in [3.8, 4) is 0 Å². The Balaban J connectivity index is 2.68. The number of carboxylic acids is 1. The standard InChI is InChI=1S/C14H18N2O4/c1-20-9-8-16(10-14(18)19)13(17)7-4-11-2-5-12(15)6-3-11/h2-7H,8-10,15H2,1H3,(H,18,19)/b7-4+. The van der Waals surface area contributed by atoms with Crippen LogP contribution in [0.25, 0.3) is 6.08 Å². The van der Waals surface area contributed by atoms with Gasteiger partial charge in [-0.25, -0.2) is 0 Å². The fourth-order valence-electron chi connectivity index (χ4n) is 1.51. The second-order valence-electron chi connectivity index (χ2n) is 4.15. The fraction of sp³-hybridized carbons (Fsp3) is 0.286. The van der Waals surface area contributed by atoms with E-state index in [9.17, 15) is 9.59 Å². The Morgan fingerprint density at radius 3 is 2.55 bits per heavy atom. The first-order valence-electron chi connectivity index (χ1n) is 6.06.